The van der Waals surface area contributed by atoms with Crippen LogP contribution in [0.5, 0.6) is 5.75 Å². The standard InChI is InChI=1S/C14H18N2O2/c1-9(2)13(14-15-10(3)16-18-14)8-11-4-6-12(17)7-5-11/h4-7,9,13,17H,8H2,1-3H3/t13-/m1/s1. The Morgan fingerprint density at radius 2 is 1.89 bits per heavy atom. The Morgan fingerprint density at radius 3 is 2.39 bits per heavy atom. The molecule has 2 aromatic rings. The molecule has 18 heavy (non-hydrogen) atoms. The van der Waals surface area contributed by atoms with E-state index in [-0.39, 0.29) is 11.7 Å². The van der Waals surface area contributed by atoms with Crippen LogP contribution in [0.25, 0.3) is 0 Å². The lowest BCUT2D eigenvalue weighted by Gasteiger charge is -2.16. The van der Waals surface area contributed by atoms with Crippen molar-refractivity contribution in [2.24, 2.45) is 5.92 Å². The molecule has 0 spiro atoms. The fourth-order valence-electron chi connectivity index (χ4n) is 1.96. The van der Waals surface area contributed by atoms with E-state index in [0.717, 1.165) is 12.0 Å². The van der Waals surface area contributed by atoms with Gasteiger partial charge >= 0.3 is 0 Å². The van der Waals surface area contributed by atoms with E-state index in [0.29, 0.717) is 17.6 Å². The summed E-state index contributed by atoms with van der Waals surface area (Å²) < 4.78 is 5.27. The Hall–Kier alpha value is -1.84. The number of benzene rings is 1. The highest BCUT2D eigenvalue weighted by Crippen LogP contribution is 2.27. The second-order valence-electron chi connectivity index (χ2n) is 4.90. The van der Waals surface area contributed by atoms with Crippen LogP contribution >= 0.6 is 0 Å². The van der Waals surface area contributed by atoms with E-state index >= 15 is 0 Å². The van der Waals surface area contributed by atoms with Crippen LogP contribution < -0.4 is 0 Å². The van der Waals surface area contributed by atoms with Crippen molar-refractivity contribution < 1.29 is 9.63 Å². The molecule has 96 valence electrons. The second kappa shape index (κ2) is 5.21. The fourth-order valence-corrected chi connectivity index (χ4v) is 1.96. The molecule has 4 heteroatoms. The highest BCUT2D eigenvalue weighted by molar-refractivity contribution is 5.27. The van der Waals surface area contributed by atoms with E-state index in [4.69, 9.17) is 4.52 Å². The van der Waals surface area contributed by atoms with E-state index < -0.39 is 0 Å². The monoisotopic (exact) mass is 246 g/mol. The van der Waals surface area contributed by atoms with Crippen molar-refractivity contribution in [3.63, 3.8) is 0 Å². The van der Waals surface area contributed by atoms with Crippen molar-refractivity contribution >= 4 is 0 Å². The van der Waals surface area contributed by atoms with E-state index in [9.17, 15) is 5.11 Å². The summed E-state index contributed by atoms with van der Waals surface area (Å²) in [6.07, 6.45) is 0.833. The highest BCUT2D eigenvalue weighted by atomic mass is 16.5. The molecule has 0 aliphatic heterocycles. The Morgan fingerprint density at radius 1 is 1.22 bits per heavy atom. The summed E-state index contributed by atoms with van der Waals surface area (Å²) in [6, 6.07) is 7.25. The number of nitrogens with zero attached hydrogens (tertiary/aromatic N) is 2. The van der Waals surface area contributed by atoms with Gasteiger partial charge in [-0.25, -0.2) is 0 Å². The third-order valence-electron chi connectivity index (χ3n) is 3.06. The largest absolute Gasteiger partial charge is 0.508 e. The van der Waals surface area contributed by atoms with E-state index in [1.807, 2.05) is 19.1 Å². The highest BCUT2D eigenvalue weighted by Gasteiger charge is 2.22. The smallest absolute Gasteiger partial charge is 0.230 e. The van der Waals surface area contributed by atoms with Crippen LogP contribution in [0.2, 0.25) is 0 Å². The molecule has 1 heterocycles. The SMILES string of the molecule is Cc1noc([C@H](Cc2ccc(O)cc2)C(C)C)n1. The Bertz CT molecular complexity index is 503. The summed E-state index contributed by atoms with van der Waals surface area (Å²) in [4.78, 5) is 4.32. The normalized spacial score (nSPS) is 12.9. The number of aromatic nitrogens is 2. The zero-order chi connectivity index (χ0) is 13.1. The average molecular weight is 246 g/mol. The molecule has 0 saturated carbocycles. The summed E-state index contributed by atoms with van der Waals surface area (Å²) in [5.41, 5.74) is 1.15. The number of aromatic hydroxyl groups is 1. The predicted octanol–water partition coefficient (Wildman–Crippen LogP) is 3.07. The van der Waals surface area contributed by atoms with Crippen LogP contribution in [0.1, 0.15) is 37.0 Å². The lowest BCUT2D eigenvalue weighted by molar-refractivity contribution is 0.318. The van der Waals surface area contributed by atoms with Crippen LogP contribution in [0.15, 0.2) is 28.8 Å². The molecule has 0 fully saturated rings. The first kappa shape index (κ1) is 12.6. The van der Waals surface area contributed by atoms with E-state index in [1.54, 1.807) is 12.1 Å². The first-order chi connectivity index (χ1) is 8.56. The van der Waals surface area contributed by atoms with Crippen molar-refractivity contribution in [3.8, 4) is 5.75 Å². The molecule has 0 radical (unpaired) electrons. The number of hydrogen-bond acceptors (Lipinski definition) is 4. The maximum atomic E-state index is 9.28. The van der Waals surface area contributed by atoms with Gasteiger partial charge in [0, 0.05) is 5.92 Å². The van der Waals surface area contributed by atoms with Gasteiger partial charge in [-0.15, -0.1) is 0 Å². The van der Waals surface area contributed by atoms with Crippen LogP contribution in [0.3, 0.4) is 0 Å². The fraction of sp³-hybridized carbons (Fsp3) is 0.429. The Kier molecular flexibility index (Phi) is 3.65. The first-order valence-electron chi connectivity index (χ1n) is 6.14. The van der Waals surface area contributed by atoms with Gasteiger partial charge in [0.05, 0.1) is 0 Å². The molecule has 2 rings (SSSR count). The molecule has 0 aliphatic rings. The quantitative estimate of drug-likeness (QED) is 0.900. The molecule has 1 aromatic carbocycles. The van der Waals surface area contributed by atoms with Crippen molar-refractivity contribution in [2.45, 2.75) is 33.1 Å². The predicted molar refractivity (Wildman–Crippen MR) is 68.4 cm³/mol. The second-order valence-corrected chi connectivity index (χ2v) is 4.90. The molecular formula is C14H18N2O2. The van der Waals surface area contributed by atoms with Gasteiger partial charge in [0.2, 0.25) is 5.89 Å². The zero-order valence-corrected chi connectivity index (χ0v) is 10.9. The van der Waals surface area contributed by atoms with Crippen molar-refractivity contribution in [3.05, 3.63) is 41.5 Å². The van der Waals surface area contributed by atoms with Crippen molar-refractivity contribution in [1.82, 2.24) is 10.1 Å². The van der Waals surface area contributed by atoms with Crippen LogP contribution in [0, 0.1) is 12.8 Å². The lowest BCUT2D eigenvalue weighted by Crippen LogP contribution is -2.10. The number of rotatable bonds is 4. The molecule has 1 aromatic heterocycles. The number of hydrogen-bond donors (Lipinski definition) is 1. The molecule has 0 saturated heterocycles. The van der Waals surface area contributed by atoms with E-state index in [2.05, 4.69) is 24.0 Å². The van der Waals surface area contributed by atoms with Crippen LogP contribution in [0.4, 0.5) is 0 Å². The Balaban J connectivity index is 2.19. The average Bonchev–Trinajstić information content (AvgIpc) is 2.74. The van der Waals surface area contributed by atoms with Gasteiger partial charge < -0.3 is 9.63 Å². The number of aryl methyl sites for hydroxylation is 1. The van der Waals surface area contributed by atoms with Gasteiger partial charge in [0.25, 0.3) is 0 Å². The topological polar surface area (TPSA) is 59.2 Å². The third-order valence-corrected chi connectivity index (χ3v) is 3.06. The van der Waals surface area contributed by atoms with Crippen molar-refractivity contribution in [1.29, 1.82) is 0 Å². The lowest BCUT2D eigenvalue weighted by atomic mass is 9.89. The minimum absolute atomic E-state index is 0.204. The van der Waals surface area contributed by atoms with E-state index in [1.165, 1.54) is 0 Å². The van der Waals surface area contributed by atoms with Crippen LogP contribution in [-0.2, 0) is 6.42 Å². The molecule has 4 nitrogen and oxygen atoms in total. The minimum atomic E-state index is 0.204. The third kappa shape index (κ3) is 2.88. The van der Waals surface area contributed by atoms with Gasteiger partial charge in [-0.05, 0) is 37.0 Å². The molecule has 1 N–H and O–H groups in total. The molecule has 0 amide bonds. The minimum Gasteiger partial charge on any atom is -0.508 e. The molecule has 0 unspecified atom stereocenters. The zero-order valence-electron chi connectivity index (χ0n) is 10.9. The molecular weight excluding hydrogens is 228 g/mol. The summed E-state index contributed by atoms with van der Waals surface area (Å²) >= 11 is 0. The van der Waals surface area contributed by atoms with Gasteiger partial charge in [-0.2, -0.15) is 4.98 Å². The molecule has 0 bridgehead atoms. The summed E-state index contributed by atoms with van der Waals surface area (Å²) in [5, 5.41) is 13.1. The van der Waals surface area contributed by atoms with Gasteiger partial charge in [-0.1, -0.05) is 31.1 Å². The van der Waals surface area contributed by atoms with Gasteiger partial charge in [-0.3, -0.25) is 0 Å². The van der Waals surface area contributed by atoms with Crippen molar-refractivity contribution in [2.75, 3.05) is 0 Å². The van der Waals surface area contributed by atoms with Gasteiger partial charge in [0.15, 0.2) is 5.82 Å². The summed E-state index contributed by atoms with van der Waals surface area (Å²) in [6.45, 7) is 6.11. The summed E-state index contributed by atoms with van der Waals surface area (Å²) in [7, 11) is 0. The number of phenolic OH excluding ortho intramolecular Hbond substituents is 1. The first-order valence-corrected chi connectivity index (χ1v) is 6.14. The summed E-state index contributed by atoms with van der Waals surface area (Å²) in [5.74, 6) is 2.26. The molecule has 1 atom stereocenters. The Labute approximate surface area is 107 Å². The van der Waals surface area contributed by atoms with Crippen LogP contribution in [-0.4, -0.2) is 15.2 Å². The molecule has 0 aliphatic carbocycles. The number of phenols is 1. The maximum Gasteiger partial charge on any atom is 0.230 e. The maximum absolute atomic E-state index is 9.28. The van der Waals surface area contributed by atoms with Gasteiger partial charge in [0.1, 0.15) is 5.75 Å².